The molecule has 0 radical (unpaired) electrons. The molecule has 0 unspecified atom stereocenters. The lowest BCUT2D eigenvalue weighted by Crippen LogP contribution is -1.98. The van der Waals surface area contributed by atoms with E-state index in [4.69, 9.17) is 5.73 Å². The zero-order chi connectivity index (χ0) is 13.1. The fraction of sp³-hybridized carbons (Fsp3) is 0.214. The number of nitrogens with two attached hydrogens (primary N) is 1. The quantitative estimate of drug-likeness (QED) is 0.520. The molecule has 1 heterocycles. The van der Waals surface area contributed by atoms with Crippen LogP contribution in [0.25, 0.3) is 0 Å². The summed E-state index contributed by atoms with van der Waals surface area (Å²) in [5, 5.41) is 0.531. The molecule has 18 heavy (non-hydrogen) atoms. The van der Waals surface area contributed by atoms with E-state index in [0.717, 1.165) is 4.88 Å². The van der Waals surface area contributed by atoms with Crippen LogP contribution in [-0.4, -0.2) is 11.0 Å². The smallest absolute Gasteiger partial charge is 0.202 e. The summed E-state index contributed by atoms with van der Waals surface area (Å²) in [6.45, 7) is 4.29. The van der Waals surface area contributed by atoms with Gasteiger partial charge in [-0.1, -0.05) is 13.8 Å². The predicted octanol–water partition coefficient (Wildman–Crippen LogP) is 4.06. The van der Waals surface area contributed by atoms with E-state index in [1.165, 1.54) is 4.21 Å². The number of nitrogen functional groups attached to an aromatic ring is 1. The lowest BCUT2D eigenvalue weighted by molar-refractivity contribution is 0.104. The van der Waals surface area contributed by atoms with Gasteiger partial charge in [0.15, 0.2) is 0 Å². The maximum absolute atomic E-state index is 12.2. The van der Waals surface area contributed by atoms with Gasteiger partial charge < -0.3 is 5.73 Å². The maximum atomic E-state index is 12.2. The Hall–Kier alpha value is -1.26. The Bertz CT molecular complexity index is 543. The first kappa shape index (κ1) is 13.2. The highest BCUT2D eigenvalue weighted by Crippen LogP contribution is 2.31. The molecular weight excluding hydrogens is 262 g/mol. The summed E-state index contributed by atoms with van der Waals surface area (Å²) in [7, 11) is 0. The first-order valence-corrected chi connectivity index (χ1v) is 7.42. The average Bonchev–Trinajstić information content (AvgIpc) is 2.76. The van der Waals surface area contributed by atoms with E-state index in [2.05, 4.69) is 13.8 Å². The molecule has 94 valence electrons. The molecule has 2 rings (SSSR count). The Balaban J connectivity index is 2.18. The van der Waals surface area contributed by atoms with Gasteiger partial charge in [0, 0.05) is 16.5 Å². The SMILES string of the molecule is CC(C)Sc1ccc(C(=O)c2ccc(N)cc2)s1. The molecule has 1 aromatic heterocycles. The standard InChI is InChI=1S/C14H15NOS2/c1-9(2)17-13-8-7-12(18-13)14(16)10-3-5-11(15)6-4-10/h3-9H,15H2,1-2H3. The van der Waals surface area contributed by atoms with Crippen LogP contribution in [0.5, 0.6) is 0 Å². The number of rotatable bonds is 4. The molecule has 0 saturated heterocycles. The average molecular weight is 277 g/mol. The van der Waals surface area contributed by atoms with Gasteiger partial charge in [0.05, 0.1) is 9.09 Å². The number of thiophene rings is 1. The summed E-state index contributed by atoms with van der Waals surface area (Å²) in [6.07, 6.45) is 0. The van der Waals surface area contributed by atoms with Crippen molar-refractivity contribution in [2.75, 3.05) is 5.73 Å². The molecule has 2 N–H and O–H groups in total. The molecule has 0 aliphatic heterocycles. The number of carbonyl (C=O) groups is 1. The minimum Gasteiger partial charge on any atom is -0.399 e. The molecule has 0 aliphatic rings. The van der Waals surface area contributed by atoms with Gasteiger partial charge in [0.25, 0.3) is 0 Å². The van der Waals surface area contributed by atoms with Gasteiger partial charge in [0.2, 0.25) is 5.78 Å². The maximum Gasteiger partial charge on any atom is 0.202 e. The number of hydrogen-bond donors (Lipinski definition) is 1. The van der Waals surface area contributed by atoms with Crippen molar-refractivity contribution >= 4 is 34.6 Å². The molecule has 2 nitrogen and oxygen atoms in total. The molecule has 0 spiro atoms. The fourth-order valence-electron chi connectivity index (χ4n) is 1.51. The summed E-state index contributed by atoms with van der Waals surface area (Å²) in [4.78, 5) is 13.0. The van der Waals surface area contributed by atoms with Gasteiger partial charge >= 0.3 is 0 Å². The third kappa shape index (κ3) is 3.15. The van der Waals surface area contributed by atoms with Crippen LogP contribution in [0.2, 0.25) is 0 Å². The zero-order valence-corrected chi connectivity index (χ0v) is 12.0. The van der Waals surface area contributed by atoms with Crippen molar-refractivity contribution in [2.24, 2.45) is 0 Å². The summed E-state index contributed by atoms with van der Waals surface area (Å²) in [5.41, 5.74) is 6.97. The highest BCUT2D eigenvalue weighted by Gasteiger charge is 2.12. The highest BCUT2D eigenvalue weighted by molar-refractivity contribution is 8.01. The van der Waals surface area contributed by atoms with E-state index in [1.807, 2.05) is 12.1 Å². The number of ketones is 1. The van der Waals surface area contributed by atoms with Gasteiger partial charge in [-0.3, -0.25) is 4.79 Å². The monoisotopic (exact) mass is 277 g/mol. The van der Waals surface area contributed by atoms with Crippen LogP contribution < -0.4 is 5.73 Å². The van der Waals surface area contributed by atoms with Crippen LogP contribution in [0.1, 0.15) is 29.1 Å². The number of carbonyl (C=O) groups excluding carboxylic acids is 1. The van der Waals surface area contributed by atoms with Gasteiger partial charge in [-0.25, -0.2) is 0 Å². The second-order valence-corrected chi connectivity index (χ2v) is 7.20. The first-order chi connectivity index (χ1) is 8.56. The third-order valence-corrected chi connectivity index (χ3v) is 4.59. The van der Waals surface area contributed by atoms with Crippen LogP contribution in [0.3, 0.4) is 0 Å². The second-order valence-electron chi connectivity index (χ2n) is 4.24. The van der Waals surface area contributed by atoms with Gasteiger partial charge in [-0.2, -0.15) is 0 Å². The Kier molecular flexibility index (Phi) is 4.09. The van der Waals surface area contributed by atoms with Crippen molar-refractivity contribution < 1.29 is 4.79 Å². The summed E-state index contributed by atoms with van der Waals surface area (Å²) in [5.74, 6) is 0.0654. The minimum absolute atomic E-state index is 0.0654. The van der Waals surface area contributed by atoms with Crippen molar-refractivity contribution in [1.82, 2.24) is 0 Å². The predicted molar refractivity (Wildman–Crippen MR) is 79.6 cm³/mol. The van der Waals surface area contributed by atoms with E-state index in [1.54, 1.807) is 47.4 Å². The molecule has 0 fully saturated rings. The third-order valence-electron chi connectivity index (χ3n) is 2.33. The fourth-order valence-corrected chi connectivity index (χ4v) is 3.86. The molecular formula is C14H15NOS2. The second kappa shape index (κ2) is 5.59. The molecule has 0 bridgehead atoms. The minimum atomic E-state index is 0.0654. The Morgan fingerprint density at radius 3 is 2.44 bits per heavy atom. The van der Waals surface area contributed by atoms with Crippen LogP contribution in [0, 0.1) is 0 Å². The summed E-state index contributed by atoms with van der Waals surface area (Å²) < 4.78 is 1.18. The topological polar surface area (TPSA) is 43.1 Å². The highest BCUT2D eigenvalue weighted by atomic mass is 32.2. The first-order valence-electron chi connectivity index (χ1n) is 5.73. The van der Waals surface area contributed by atoms with E-state index < -0.39 is 0 Å². The number of benzene rings is 1. The zero-order valence-electron chi connectivity index (χ0n) is 10.3. The molecule has 0 aliphatic carbocycles. The summed E-state index contributed by atoms with van der Waals surface area (Å²) in [6, 6.07) is 11.0. The largest absolute Gasteiger partial charge is 0.399 e. The van der Waals surface area contributed by atoms with Crippen LogP contribution in [0.15, 0.2) is 40.6 Å². The number of anilines is 1. The Labute approximate surface area is 115 Å². The Morgan fingerprint density at radius 2 is 1.83 bits per heavy atom. The van der Waals surface area contributed by atoms with E-state index in [9.17, 15) is 4.79 Å². The molecule has 1 aromatic carbocycles. The van der Waals surface area contributed by atoms with E-state index in [0.29, 0.717) is 16.5 Å². The number of hydrogen-bond acceptors (Lipinski definition) is 4. The molecule has 0 amide bonds. The normalized spacial score (nSPS) is 10.8. The van der Waals surface area contributed by atoms with Crippen molar-refractivity contribution in [3.05, 3.63) is 46.8 Å². The lowest BCUT2D eigenvalue weighted by Gasteiger charge is -2.00. The molecule has 0 saturated carbocycles. The van der Waals surface area contributed by atoms with Gasteiger partial charge in [-0.15, -0.1) is 23.1 Å². The molecule has 4 heteroatoms. The van der Waals surface area contributed by atoms with Crippen molar-refractivity contribution in [2.45, 2.75) is 23.3 Å². The van der Waals surface area contributed by atoms with E-state index >= 15 is 0 Å². The molecule has 2 aromatic rings. The van der Waals surface area contributed by atoms with Crippen molar-refractivity contribution in [1.29, 1.82) is 0 Å². The van der Waals surface area contributed by atoms with Crippen LogP contribution in [0.4, 0.5) is 5.69 Å². The van der Waals surface area contributed by atoms with Crippen LogP contribution >= 0.6 is 23.1 Å². The van der Waals surface area contributed by atoms with Crippen molar-refractivity contribution in [3.8, 4) is 0 Å². The van der Waals surface area contributed by atoms with Gasteiger partial charge in [0.1, 0.15) is 0 Å². The summed E-state index contributed by atoms with van der Waals surface area (Å²) >= 11 is 3.33. The van der Waals surface area contributed by atoms with E-state index in [-0.39, 0.29) is 5.78 Å². The van der Waals surface area contributed by atoms with Crippen LogP contribution in [-0.2, 0) is 0 Å². The number of thioether (sulfide) groups is 1. The Morgan fingerprint density at radius 1 is 1.17 bits per heavy atom. The van der Waals surface area contributed by atoms with Crippen molar-refractivity contribution in [3.63, 3.8) is 0 Å². The lowest BCUT2D eigenvalue weighted by atomic mass is 10.1. The van der Waals surface area contributed by atoms with Gasteiger partial charge in [-0.05, 0) is 36.4 Å². The molecule has 0 atom stereocenters.